The summed E-state index contributed by atoms with van der Waals surface area (Å²) in [4.78, 5) is 1.29. The highest BCUT2D eigenvalue weighted by Gasteiger charge is 2.09. The van der Waals surface area contributed by atoms with E-state index in [0.717, 1.165) is 12.2 Å². The topological polar surface area (TPSA) is 21.3 Å². The molecule has 1 heterocycles. The summed E-state index contributed by atoms with van der Waals surface area (Å²) in [5, 5.41) is 5.26. The molecule has 1 aromatic rings. The van der Waals surface area contributed by atoms with Gasteiger partial charge in [0, 0.05) is 16.3 Å². The van der Waals surface area contributed by atoms with E-state index < -0.39 is 0 Å². The first-order valence-electron chi connectivity index (χ1n) is 4.22. The van der Waals surface area contributed by atoms with Crippen LogP contribution < -0.4 is 10.1 Å². The first-order valence-corrected chi connectivity index (χ1v) is 5.10. The fourth-order valence-corrected chi connectivity index (χ4v) is 2.15. The Labute approximate surface area is 83.2 Å². The molecule has 0 aliphatic rings. The van der Waals surface area contributed by atoms with E-state index in [1.165, 1.54) is 4.88 Å². The van der Waals surface area contributed by atoms with Crippen LogP contribution >= 0.6 is 11.3 Å². The Morgan fingerprint density at radius 1 is 1.77 bits per heavy atom. The Hall–Kier alpha value is -0.800. The van der Waals surface area contributed by atoms with Gasteiger partial charge in [-0.05, 0) is 19.5 Å². The third-order valence-corrected chi connectivity index (χ3v) is 2.95. The van der Waals surface area contributed by atoms with Crippen LogP contribution in [0.3, 0.4) is 0 Å². The SMILES string of the molecule is C=CCC(NC)c1cc(OC)cs1. The third kappa shape index (κ3) is 2.57. The largest absolute Gasteiger partial charge is 0.496 e. The second kappa shape index (κ2) is 5.04. The van der Waals surface area contributed by atoms with Crippen molar-refractivity contribution in [2.75, 3.05) is 14.2 Å². The maximum absolute atomic E-state index is 5.12. The van der Waals surface area contributed by atoms with Crippen molar-refractivity contribution in [2.24, 2.45) is 0 Å². The lowest BCUT2D eigenvalue weighted by Crippen LogP contribution is -2.13. The molecule has 1 N–H and O–H groups in total. The molecule has 0 spiro atoms. The van der Waals surface area contributed by atoms with Crippen LogP contribution in [-0.2, 0) is 0 Å². The summed E-state index contributed by atoms with van der Waals surface area (Å²) in [7, 11) is 3.65. The van der Waals surface area contributed by atoms with Gasteiger partial charge in [-0.15, -0.1) is 17.9 Å². The molecular weight excluding hydrogens is 182 g/mol. The van der Waals surface area contributed by atoms with E-state index in [0.29, 0.717) is 6.04 Å². The van der Waals surface area contributed by atoms with Crippen molar-refractivity contribution in [2.45, 2.75) is 12.5 Å². The van der Waals surface area contributed by atoms with Gasteiger partial charge in [-0.1, -0.05) is 6.08 Å². The first-order chi connectivity index (χ1) is 6.31. The van der Waals surface area contributed by atoms with Crippen molar-refractivity contribution >= 4 is 11.3 Å². The summed E-state index contributed by atoms with van der Waals surface area (Å²) in [6, 6.07) is 2.43. The summed E-state index contributed by atoms with van der Waals surface area (Å²) in [5.41, 5.74) is 0. The van der Waals surface area contributed by atoms with E-state index in [1.807, 2.05) is 18.5 Å². The molecule has 0 saturated carbocycles. The fraction of sp³-hybridized carbons (Fsp3) is 0.400. The molecule has 1 atom stereocenters. The van der Waals surface area contributed by atoms with Crippen molar-refractivity contribution in [1.82, 2.24) is 5.32 Å². The van der Waals surface area contributed by atoms with Gasteiger partial charge in [0.15, 0.2) is 0 Å². The van der Waals surface area contributed by atoms with Crippen LogP contribution in [0, 0.1) is 0 Å². The number of hydrogen-bond donors (Lipinski definition) is 1. The van der Waals surface area contributed by atoms with Crippen LogP contribution in [0.1, 0.15) is 17.3 Å². The molecule has 72 valence electrons. The van der Waals surface area contributed by atoms with Gasteiger partial charge in [0.05, 0.1) is 7.11 Å². The predicted octanol–water partition coefficient (Wildman–Crippen LogP) is 2.59. The molecule has 1 rings (SSSR count). The van der Waals surface area contributed by atoms with Gasteiger partial charge in [-0.25, -0.2) is 0 Å². The average Bonchev–Trinajstić information content (AvgIpc) is 2.62. The van der Waals surface area contributed by atoms with Crippen molar-refractivity contribution in [3.8, 4) is 5.75 Å². The van der Waals surface area contributed by atoms with Crippen LogP contribution in [0.5, 0.6) is 5.75 Å². The van der Waals surface area contributed by atoms with Crippen LogP contribution in [0.4, 0.5) is 0 Å². The normalized spacial score (nSPS) is 12.5. The number of thiophene rings is 1. The molecular formula is C10H15NOS. The Kier molecular flexibility index (Phi) is 3.99. The minimum atomic E-state index is 0.367. The molecule has 0 radical (unpaired) electrons. The fourth-order valence-electron chi connectivity index (χ4n) is 1.17. The number of nitrogens with one attached hydrogen (secondary N) is 1. The standard InChI is InChI=1S/C10H15NOS/c1-4-5-9(11-2)10-6-8(12-3)7-13-10/h4,6-7,9,11H,1,5H2,2-3H3. The maximum Gasteiger partial charge on any atom is 0.129 e. The highest BCUT2D eigenvalue weighted by Crippen LogP contribution is 2.28. The van der Waals surface area contributed by atoms with Crippen molar-refractivity contribution in [3.05, 3.63) is 29.0 Å². The quantitative estimate of drug-likeness (QED) is 0.733. The minimum Gasteiger partial charge on any atom is -0.496 e. The number of ether oxygens (including phenoxy) is 1. The van der Waals surface area contributed by atoms with Crippen molar-refractivity contribution in [3.63, 3.8) is 0 Å². The molecule has 3 heteroatoms. The van der Waals surface area contributed by atoms with Gasteiger partial charge in [-0.2, -0.15) is 0 Å². The van der Waals surface area contributed by atoms with Gasteiger partial charge < -0.3 is 10.1 Å². The second-order valence-electron chi connectivity index (χ2n) is 2.75. The zero-order valence-corrected chi connectivity index (χ0v) is 8.86. The minimum absolute atomic E-state index is 0.367. The van der Waals surface area contributed by atoms with Crippen LogP contribution in [0.15, 0.2) is 24.1 Å². The van der Waals surface area contributed by atoms with E-state index in [2.05, 4.69) is 18.0 Å². The Morgan fingerprint density at radius 2 is 2.54 bits per heavy atom. The monoisotopic (exact) mass is 197 g/mol. The lowest BCUT2D eigenvalue weighted by atomic mass is 10.2. The Bertz CT molecular complexity index is 270. The summed E-state index contributed by atoms with van der Waals surface area (Å²) in [6.45, 7) is 3.73. The van der Waals surface area contributed by atoms with Gasteiger partial charge in [0.1, 0.15) is 5.75 Å². The van der Waals surface area contributed by atoms with Gasteiger partial charge in [0.25, 0.3) is 0 Å². The number of rotatable bonds is 5. The first kappa shape index (κ1) is 10.3. The molecule has 13 heavy (non-hydrogen) atoms. The summed E-state index contributed by atoms with van der Waals surface area (Å²) >= 11 is 1.71. The molecule has 0 saturated heterocycles. The van der Waals surface area contributed by atoms with E-state index in [1.54, 1.807) is 18.4 Å². The van der Waals surface area contributed by atoms with E-state index in [4.69, 9.17) is 4.74 Å². The summed E-state index contributed by atoms with van der Waals surface area (Å²) in [5.74, 6) is 0.935. The van der Waals surface area contributed by atoms with Crippen molar-refractivity contribution in [1.29, 1.82) is 0 Å². The molecule has 0 aromatic carbocycles. The lowest BCUT2D eigenvalue weighted by Gasteiger charge is -2.10. The summed E-state index contributed by atoms with van der Waals surface area (Å²) < 4.78 is 5.12. The van der Waals surface area contributed by atoms with Gasteiger partial charge in [0.2, 0.25) is 0 Å². The molecule has 0 aliphatic heterocycles. The highest BCUT2D eigenvalue weighted by atomic mass is 32.1. The smallest absolute Gasteiger partial charge is 0.129 e. The zero-order valence-electron chi connectivity index (χ0n) is 8.04. The predicted molar refractivity (Wildman–Crippen MR) is 57.5 cm³/mol. The highest BCUT2D eigenvalue weighted by molar-refractivity contribution is 7.10. The van der Waals surface area contributed by atoms with E-state index >= 15 is 0 Å². The third-order valence-electron chi connectivity index (χ3n) is 1.93. The summed E-state index contributed by atoms with van der Waals surface area (Å²) in [6.07, 6.45) is 2.87. The molecule has 1 unspecified atom stereocenters. The zero-order chi connectivity index (χ0) is 9.68. The van der Waals surface area contributed by atoms with Gasteiger partial charge in [-0.3, -0.25) is 0 Å². The molecule has 1 aromatic heterocycles. The maximum atomic E-state index is 5.12. The van der Waals surface area contributed by atoms with Crippen LogP contribution in [0.2, 0.25) is 0 Å². The molecule has 2 nitrogen and oxygen atoms in total. The molecule has 0 bridgehead atoms. The Morgan fingerprint density at radius 3 is 3.00 bits per heavy atom. The van der Waals surface area contributed by atoms with Crippen LogP contribution in [-0.4, -0.2) is 14.2 Å². The molecule has 0 fully saturated rings. The average molecular weight is 197 g/mol. The molecule has 0 amide bonds. The Balaban J connectivity index is 2.72. The van der Waals surface area contributed by atoms with E-state index in [-0.39, 0.29) is 0 Å². The number of methoxy groups -OCH3 is 1. The van der Waals surface area contributed by atoms with E-state index in [9.17, 15) is 0 Å². The lowest BCUT2D eigenvalue weighted by molar-refractivity contribution is 0.416. The number of hydrogen-bond acceptors (Lipinski definition) is 3. The van der Waals surface area contributed by atoms with Gasteiger partial charge >= 0.3 is 0 Å². The second-order valence-corrected chi connectivity index (χ2v) is 3.70. The molecule has 0 aliphatic carbocycles. The van der Waals surface area contributed by atoms with Crippen LogP contribution in [0.25, 0.3) is 0 Å². The van der Waals surface area contributed by atoms with Crippen molar-refractivity contribution < 1.29 is 4.74 Å².